The first-order valence-electron chi connectivity index (χ1n) is 11.3. The van der Waals surface area contributed by atoms with Crippen molar-refractivity contribution in [1.82, 2.24) is 0 Å². The van der Waals surface area contributed by atoms with Gasteiger partial charge < -0.3 is 4.74 Å². The van der Waals surface area contributed by atoms with E-state index in [4.69, 9.17) is 4.74 Å². The van der Waals surface area contributed by atoms with Crippen molar-refractivity contribution < 1.29 is 31.5 Å². The highest BCUT2D eigenvalue weighted by molar-refractivity contribution is 7.80. The summed E-state index contributed by atoms with van der Waals surface area (Å²) in [4.78, 5) is 13.1. The molecule has 1 aromatic carbocycles. The summed E-state index contributed by atoms with van der Waals surface area (Å²) in [6, 6.07) is 6.53. The average Bonchev–Trinajstić information content (AvgIpc) is 2.78. The third-order valence-corrected chi connectivity index (χ3v) is 7.20. The monoisotopic (exact) mass is 477 g/mol. The van der Waals surface area contributed by atoms with Gasteiger partial charge in [-0.15, -0.1) is 12.6 Å². The summed E-state index contributed by atoms with van der Waals surface area (Å²) in [6.45, 7) is 1.85. The molecular weight excluding hydrogens is 447 g/mol. The van der Waals surface area contributed by atoms with Gasteiger partial charge in [-0.25, -0.2) is 22.0 Å². The number of unbranched alkanes of at least 4 members (excludes halogenated alkanes) is 2. The molecule has 0 N–H and O–H groups in total. The predicted octanol–water partition coefficient (Wildman–Crippen LogP) is 6.92. The highest BCUT2D eigenvalue weighted by Crippen LogP contribution is 2.52. The molecule has 0 heterocycles. The zero-order valence-electron chi connectivity index (χ0n) is 18.1. The van der Waals surface area contributed by atoms with E-state index < -0.39 is 54.1 Å². The van der Waals surface area contributed by atoms with Crippen molar-refractivity contribution in [3.8, 4) is 5.75 Å². The predicted molar refractivity (Wildman–Crippen MR) is 116 cm³/mol. The maximum atomic E-state index is 15.6. The second-order valence-electron chi connectivity index (χ2n) is 9.05. The number of carbonyl (C=O) groups is 1. The number of rotatable bonds is 7. The highest BCUT2D eigenvalue weighted by atomic mass is 32.1. The molecule has 1 aromatic rings. The molecule has 0 bridgehead atoms. The van der Waals surface area contributed by atoms with Gasteiger partial charge in [0.15, 0.2) is 23.7 Å². The molecule has 8 heteroatoms. The molecule has 3 rings (SSSR count). The number of esters is 1. The first-order valence-corrected chi connectivity index (χ1v) is 11.7. The molecule has 2 nitrogen and oxygen atoms in total. The minimum Gasteiger partial charge on any atom is -0.426 e. The van der Waals surface area contributed by atoms with Crippen molar-refractivity contribution in [1.29, 1.82) is 0 Å². The molecule has 0 aromatic heterocycles. The van der Waals surface area contributed by atoms with Gasteiger partial charge >= 0.3 is 5.97 Å². The van der Waals surface area contributed by atoms with Crippen LogP contribution in [-0.4, -0.2) is 35.8 Å². The van der Waals surface area contributed by atoms with E-state index in [-0.39, 0.29) is 32.1 Å². The van der Waals surface area contributed by atoms with Crippen LogP contribution in [0.5, 0.6) is 5.75 Å². The van der Waals surface area contributed by atoms with Crippen LogP contribution in [0.25, 0.3) is 0 Å². The smallest absolute Gasteiger partial charge is 0.314 e. The van der Waals surface area contributed by atoms with Gasteiger partial charge in [0.25, 0.3) is 0 Å². The van der Waals surface area contributed by atoms with E-state index in [1.54, 1.807) is 24.3 Å². The highest BCUT2D eigenvalue weighted by Gasteiger charge is 2.66. The normalized spacial score (nSPS) is 37.8. The third-order valence-electron chi connectivity index (χ3n) is 6.90. The number of carbonyl (C=O) groups excluding carboxylic acids is 1. The van der Waals surface area contributed by atoms with Crippen LogP contribution in [0.2, 0.25) is 0 Å². The van der Waals surface area contributed by atoms with E-state index in [1.165, 1.54) is 0 Å². The van der Waals surface area contributed by atoms with Crippen LogP contribution in [0, 0.1) is 18.3 Å². The van der Waals surface area contributed by atoms with Gasteiger partial charge in [-0.3, -0.25) is 4.79 Å². The van der Waals surface area contributed by atoms with E-state index >= 15 is 4.39 Å². The minimum absolute atomic E-state index is 0.0529. The van der Waals surface area contributed by atoms with Crippen molar-refractivity contribution in [3.05, 3.63) is 30.7 Å². The molecular formula is C24H30F5O2S. The number of alkyl halides is 5. The Balaban J connectivity index is 1.60. The molecule has 2 aliphatic carbocycles. The van der Waals surface area contributed by atoms with Crippen LogP contribution < -0.4 is 4.74 Å². The first-order chi connectivity index (χ1) is 15.1. The number of ether oxygens (including phenoxy) is 1. The van der Waals surface area contributed by atoms with Crippen LogP contribution in [0.1, 0.15) is 58.3 Å². The zero-order valence-corrected chi connectivity index (χ0v) is 19.0. The standard InChI is InChI=1S/C24H30F5O2S/c1-2-3-4-13-23(28)19(25)14-24(29,21(27)20(23)26)16-7-5-15(6-8-16)22(30)31-17-9-11-18(32)12-10-17/h9-12,14-16,19-21,32H,2-8,13H2,1H3/t15-,16-,19?,20?,21?,23?,24?. The quantitative estimate of drug-likeness (QED) is 0.152. The third kappa shape index (κ3) is 5.10. The summed E-state index contributed by atoms with van der Waals surface area (Å²) in [6.07, 6.45) is -6.28. The molecule has 2 saturated carbocycles. The van der Waals surface area contributed by atoms with Crippen LogP contribution in [-0.2, 0) is 4.79 Å². The number of benzene rings is 1. The average molecular weight is 478 g/mol. The maximum absolute atomic E-state index is 15.6. The van der Waals surface area contributed by atoms with Gasteiger partial charge in [0.1, 0.15) is 11.9 Å². The Hall–Kier alpha value is -1.31. The number of hydrogen-bond acceptors (Lipinski definition) is 3. The lowest BCUT2D eigenvalue weighted by Crippen LogP contribution is -2.64. The molecule has 0 saturated heterocycles. The summed E-state index contributed by atoms with van der Waals surface area (Å²) in [5.41, 5.74) is -5.95. The van der Waals surface area contributed by atoms with Gasteiger partial charge in [-0.05, 0) is 62.3 Å². The first kappa shape index (κ1) is 25.3. The van der Waals surface area contributed by atoms with Crippen LogP contribution in [0.4, 0.5) is 22.0 Å². The molecule has 179 valence electrons. The summed E-state index contributed by atoms with van der Waals surface area (Å²) in [5, 5.41) is 0. The van der Waals surface area contributed by atoms with Gasteiger partial charge in [0.05, 0.1) is 5.92 Å². The van der Waals surface area contributed by atoms with Crippen molar-refractivity contribution in [2.75, 3.05) is 0 Å². The van der Waals surface area contributed by atoms with E-state index in [0.29, 0.717) is 29.9 Å². The van der Waals surface area contributed by atoms with E-state index in [2.05, 4.69) is 12.6 Å². The lowest BCUT2D eigenvalue weighted by atomic mass is 9.63. The molecule has 0 spiro atoms. The van der Waals surface area contributed by atoms with Crippen LogP contribution in [0.15, 0.2) is 29.2 Å². The van der Waals surface area contributed by atoms with Crippen LogP contribution in [0.3, 0.4) is 0 Å². The molecule has 0 amide bonds. The van der Waals surface area contributed by atoms with Gasteiger partial charge in [0.2, 0.25) is 0 Å². The van der Waals surface area contributed by atoms with E-state index in [9.17, 15) is 22.4 Å². The van der Waals surface area contributed by atoms with Crippen molar-refractivity contribution >= 4 is 18.6 Å². The SMILES string of the molecule is CCCCCC1(F)C(F)[CH]C(F)([C@H]2CC[C@H](C(=O)Oc3ccc(S)cc3)CC2)C(F)C1F. The second kappa shape index (κ2) is 10.3. The van der Waals surface area contributed by atoms with E-state index in [0.717, 1.165) is 0 Å². The molecule has 0 aliphatic heterocycles. The maximum Gasteiger partial charge on any atom is 0.314 e. The Kier molecular flexibility index (Phi) is 8.16. The molecule has 1 radical (unpaired) electrons. The molecule has 5 atom stereocenters. The minimum atomic E-state index is -3.05. The largest absolute Gasteiger partial charge is 0.426 e. The Labute approximate surface area is 191 Å². The second-order valence-corrected chi connectivity index (χ2v) is 9.56. The topological polar surface area (TPSA) is 26.3 Å². The summed E-state index contributed by atoms with van der Waals surface area (Å²) in [7, 11) is 0. The fraction of sp³-hybridized carbons (Fsp3) is 0.667. The fourth-order valence-electron chi connectivity index (χ4n) is 4.84. The molecule has 2 fully saturated rings. The van der Waals surface area contributed by atoms with Crippen molar-refractivity contribution in [2.24, 2.45) is 11.8 Å². The van der Waals surface area contributed by atoms with Crippen molar-refractivity contribution in [3.63, 3.8) is 0 Å². The van der Waals surface area contributed by atoms with Crippen LogP contribution >= 0.6 is 12.6 Å². The summed E-state index contributed by atoms with van der Waals surface area (Å²) >= 11 is 4.16. The molecule has 32 heavy (non-hydrogen) atoms. The summed E-state index contributed by atoms with van der Waals surface area (Å²) in [5.74, 6) is -1.69. The number of hydrogen-bond donors (Lipinski definition) is 1. The fourth-order valence-corrected chi connectivity index (χ4v) is 4.99. The number of halogens is 5. The molecule has 2 aliphatic rings. The van der Waals surface area contributed by atoms with Gasteiger partial charge in [-0.2, -0.15) is 0 Å². The van der Waals surface area contributed by atoms with Gasteiger partial charge in [0, 0.05) is 11.3 Å². The van der Waals surface area contributed by atoms with Gasteiger partial charge in [-0.1, -0.05) is 26.2 Å². The Morgan fingerprint density at radius 1 is 1.03 bits per heavy atom. The zero-order chi connectivity index (χ0) is 23.5. The lowest BCUT2D eigenvalue weighted by Gasteiger charge is -2.48. The Morgan fingerprint density at radius 3 is 2.25 bits per heavy atom. The van der Waals surface area contributed by atoms with E-state index in [1.807, 2.05) is 6.92 Å². The Bertz CT molecular complexity index is 770. The number of thiol groups is 1. The Morgan fingerprint density at radius 2 is 1.66 bits per heavy atom. The lowest BCUT2D eigenvalue weighted by molar-refractivity contribution is -0.150. The van der Waals surface area contributed by atoms with Crippen molar-refractivity contribution in [2.45, 2.75) is 93.0 Å². The molecule has 5 unspecified atom stereocenters. The summed E-state index contributed by atoms with van der Waals surface area (Å²) < 4.78 is 80.1.